The first-order valence-electron chi connectivity index (χ1n) is 12.6. The second-order valence-corrected chi connectivity index (χ2v) is 9.98. The minimum atomic E-state index is -0.0492. The number of carbonyl (C=O) groups is 2. The van der Waals surface area contributed by atoms with Gasteiger partial charge in [0.15, 0.2) is 0 Å². The number of methoxy groups -OCH3 is 2. The Morgan fingerprint density at radius 2 is 1.62 bits per heavy atom. The highest BCUT2D eigenvalue weighted by molar-refractivity contribution is 6.01. The number of rotatable bonds is 5. The van der Waals surface area contributed by atoms with Crippen molar-refractivity contribution in [1.29, 1.82) is 0 Å². The Labute approximate surface area is 201 Å². The van der Waals surface area contributed by atoms with Crippen LogP contribution in [0.15, 0.2) is 12.3 Å². The summed E-state index contributed by atoms with van der Waals surface area (Å²) in [4.78, 5) is 37.2. The molecule has 2 amide bonds. The summed E-state index contributed by atoms with van der Waals surface area (Å²) >= 11 is 0. The first kappa shape index (κ1) is 23.3. The fraction of sp³-hybridized carbons (Fsp3) is 0.654. The monoisotopic (exact) mass is 468 g/mol. The van der Waals surface area contributed by atoms with Gasteiger partial charge in [0, 0.05) is 77.1 Å². The Kier molecular flexibility index (Phi) is 6.62. The van der Waals surface area contributed by atoms with Crippen LogP contribution < -0.4 is 4.90 Å². The Morgan fingerprint density at radius 3 is 2.24 bits per heavy atom. The third kappa shape index (κ3) is 4.33. The van der Waals surface area contributed by atoms with Crippen LogP contribution in [0.25, 0.3) is 6.08 Å². The molecule has 4 aliphatic rings. The lowest BCUT2D eigenvalue weighted by Crippen LogP contribution is -2.51. The molecule has 0 bridgehead atoms. The molecule has 0 aromatic carbocycles. The van der Waals surface area contributed by atoms with E-state index in [1.807, 2.05) is 15.9 Å². The van der Waals surface area contributed by atoms with Crippen molar-refractivity contribution in [2.24, 2.45) is 5.92 Å². The van der Waals surface area contributed by atoms with Crippen LogP contribution in [0.4, 0.5) is 5.69 Å². The van der Waals surface area contributed by atoms with Gasteiger partial charge in [0.1, 0.15) is 0 Å². The van der Waals surface area contributed by atoms with Gasteiger partial charge in [-0.25, -0.2) is 0 Å². The van der Waals surface area contributed by atoms with Gasteiger partial charge in [0.25, 0.3) is 5.91 Å². The van der Waals surface area contributed by atoms with E-state index < -0.39 is 0 Å². The molecule has 2 unspecified atom stereocenters. The Morgan fingerprint density at radius 1 is 0.941 bits per heavy atom. The van der Waals surface area contributed by atoms with Crippen LogP contribution in [0.2, 0.25) is 0 Å². The lowest BCUT2D eigenvalue weighted by atomic mass is 9.85. The minimum Gasteiger partial charge on any atom is -0.381 e. The zero-order valence-corrected chi connectivity index (χ0v) is 20.5. The van der Waals surface area contributed by atoms with Gasteiger partial charge < -0.3 is 24.2 Å². The molecule has 0 radical (unpaired) electrons. The molecule has 1 saturated carbocycles. The minimum absolute atomic E-state index is 0.00778. The van der Waals surface area contributed by atoms with Crippen molar-refractivity contribution in [3.05, 3.63) is 29.1 Å². The fourth-order valence-corrected chi connectivity index (χ4v) is 5.61. The molecule has 1 aromatic rings. The van der Waals surface area contributed by atoms with Crippen molar-refractivity contribution >= 4 is 23.6 Å². The number of fused-ring (bicyclic) bond motifs is 1. The van der Waals surface area contributed by atoms with Gasteiger partial charge in [-0.05, 0) is 31.8 Å². The number of aromatic nitrogens is 1. The standard InChI is InChI=1S/C26H36N4O4/c1-17-22(34-3)7-6-21-23(17)24(28-10-8-19(33-2)9-11-28)20(16-27-21)26(32)30-14-12-29(13-15-30)25(31)18-4-5-18/h6-7,16-19,22H,4-5,8-15H2,1-3H3. The highest BCUT2D eigenvalue weighted by atomic mass is 16.5. The zero-order chi connectivity index (χ0) is 23.8. The highest BCUT2D eigenvalue weighted by Gasteiger charge is 2.37. The van der Waals surface area contributed by atoms with E-state index in [2.05, 4.69) is 17.9 Å². The smallest absolute Gasteiger partial charge is 0.257 e. The van der Waals surface area contributed by atoms with E-state index in [4.69, 9.17) is 14.5 Å². The lowest BCUT2D eigenvalue weighted by molar-refractivity contribution is -0.134. The van der Waals surface area contributed by atoms with Crippen molar-refractivity contribution in [3.8, 4) is 0 Å². The molecule has 34 heavy (non-hydrogen) atoms. The summed E-state index contributed by atoms with van der Waals surface area (Å²) < 4.78 is 11.3. The summed E-state index contributed by atoms with van der Waals surface area (Å²) in [5.74, 6) is 0.578. The van der Waals surface area contributed by atoms with Gasteiger partial charge in [-0.2, -0.15) is 0 Å². The van der Waals surface area contributed by atoms with Crippen molar-refractivity contribution < 1.29 is 19.1 Å². The molecular formula is C26H36N4O4. The number of amides is 2. The largest absolute Gasteiger partial charge is 0.381 e. The second-order valence-electron chi connectivity index (χ2n) is 9.98. The predicted molar refractivity (Wildman–Crippen MR) is 130 cm³/mol. The number of hydrogen-bond acceptors (Lipinski definition) is 6. The summed E-state index contributed by atoms with van der Waals surface area (Å²) in [5.41, 5.74) is 3.67. The Balaban J connectivity index is 1.43. The topological polar surface area (TPSA) is 75.2 Å². The maximum absolute atomic E-state index is 13.8. The molecular weight excluding hydrogens is 432 g/mol. The van der Waals surface area contributed by atoms with Gasteiger partial charge in [-0.3, -0.25) is 14.6 Å². The van der Waals surface area contributed by atoms with Crippen LogP contribution in [0.1, 0.15) is 60.1 Å². The zero-order valence-electron chi connectivity index (χ0n) is 20.5. The second kappa shape index (κ2) is 9.66. The maximum atomic E-state index is 13.8. The van der Waals surface area contributed by atoms with Crippen molar-refractivity contribution in [1.82, 2.24) is 14.8 Å². The summed E-state index contributed by atoms with van der Waals surface area (Å²) in [5, 5.41) is 0. The number of piperazine rings is 1. The first-order chi connectivity index (χ1) is 16.5. The highest BCUT2D eigenvalue weighted by Crippen LogP contribution is 2.41. The van der Waals surface area contributed by atoms with Crippen LogP contribution in [0.5, 0.6) is 0 Å². The van der Waals surface area contributed by atoms with E-state index >= 15 is 0 Å². The number of anilines is 1. The van der Waals surface area contributed by atoms with Crippen LogP contribution in [0, 0.1) is 5.92 Å². The third-order valence-electron chi connectivity index (χ3n) is 7.91. The van der Waals surface area contributed by atoms with Gasteiger partial charge in [0.2, 0.25) is 5.91 Å². The molecule has 184 valence electrons. The average molecular weight is 469 g/mol. The maximum Gasteiger partial charge on any atom is 0.257 e. The molecule has 8 heteroatoms. The molecule has 2 aliphatic heterocycles. The molecule has 8 nitrogen and oxygen atoms in total. The number of ether oxygens (including phenoxy) is 2. The molecule has 3 heterocycles. The molecule has 0 spiro atoms. The number of hydrogen-bond donors (Lipinski definition) is 0. The van der Waals surface area contributed by atoms with E-state index in [0.717, 1.165) is 55.7 Å². The first-order valence-corrected chi connectivity index (χ1v) is 12.6. The van der Waals surface area contributed by atoms with Gasteiger partial charge in [-0.1, -0.05) is 13.0 Å². The molecule has 2 atom stereocenters. The summed E-state index contributed by atoms with van der Waals surface area (Å²) in [6.07, 6.45) is 9.92. The quantitative estimate of drug-likeness (QED) is 0.661. The van der Waals surface area contributed by atoms with E-state index in [-0.39, 0.29) is 35.9 Å². The van der Waals surface area contributed by atoms with Crippen LogP contribution in [0.3, 0.4) is 0 Å². The van der Waals surface area contributed by atoms with Crippen molar-refractivity contribution in [2.45, 2.75) is 50.7 Å². The van der Waals surface area contributed by atoms with Gasteiger partial charge in [0.05, 0.1) is 29.2 Å². The number of pyridine rings is 1. The number of nitrogens with zero attached hydrogens (tertiary/aromatic N) is 4. The molecule has 5 rings (SSSR count). The molecule has 2 aliphatic carbocycles. The molecule has 3 fully saturated rings. The van der Waals surface area contributed by atoms with Crippen LogP contribution in [-0.4, -0.2) is 92.3 Å². The Hall–Kier alpha value is -2.45. The van der Waals surface area contributed by atoms with E-state index in [1.165, 1.54) is 0 Å². The SMILES string of the molecule is COC1CCN(c2c(C(=O)N3CCN(C(=O)C4CC4)CC3)cnc3c2C(C)C(OC)C=C3)CC1. The van der Waals surface area contributed by atoms with Gasteiger partial charge in [-0.15, -0.1) is 0 Å². The molecule has 1 aromatic heterocycles. The lowest BCUT2D eigenvalue weighted by Gasteiger charge is -2.39. The van der Waals surface area contributed by atoms with Crippen molar-refractivity contribution in [2.75, 3.05) is 58.4 Å². The number of piperidine rings is 1. The average Bonchev–Trinajstić information content (AvgIpc) is 3.73. The van der Waals surface area contributed by atoms with E-state index in [0.29, 0.717) is 31.7 Å². The van der Waals surface area contributed by atoms with E-state index in [1.54, 1.807) is 20.4 Å². The summed E-state index contributed by atoms with van der Waals surface area (Å²) in [7, 11) is 3.50. The summed E-state index contributed by atoms with van der Waals surface area (Å²) in [6.45, 7) is 6.18. The van der Waals surface area contributed by atoms with Crippen LogP contribution in [-0.2, 0) is 14.3 Å². The number of carbonyl (C=O) groups excluding carboxylic acids is 2. The Bertz CT molecular complexity index is 960. The van der Waals surface area contributed by atoms with Crippen molar-refractivity contribution in [3.63, 3.8) is 0 Å². The summed E-state index contributed by atoms with van der Waals surface area (Å²) in [6, 6.07) is 0. The molecule has 0 N–H and O–H groups in total. The predicted octanol–water partition coefficient (Wildman–Crippen LogP) is 2.54. The molecule has 2 saturated heterocycles. The van der Waals surface area contributed by atoms with Crippen LogP contribution >= 0.6 is 0 Å². The van der Waals surface area contributed by atoms with E-state index in [9.17, 15) is 9.59 Å². The third-order valence-corrected chi connectivity index (χ3v) is 7.91. The van der Waals surface area contributed by atoms with Gasteiger partial charge >= 0.3 is 0 Å². The normalized spacial score (nSPS) is 25.4. The fourth-order valence-electron chi connectivity index (χ4n) is 5.61.